The van der Waals surface area contributed by atoms with Gasteiger partial charge in [-0.1, -0.05) is 11.6 Å². The van der Waals surface area contributed by atoms with Crippen molar-refractivity contribution in [3.63, 3.8) is 0 Å². The predicted octanol–water partition coefficient (Wildman–Crippen LogP) is 2.63. The van der Waals surface area contributed by atoms with Gasteiger partial charge in [0, 0.05) is 25.3 Å². The van der Waals surface area contributed by atoms with Crippen molar-refractivity contribution in [2.75, 3.05) is 13.1 Å². The molecule has 2 aromatic rings. The van der Waals surface area contributed by atoms with E-state index in [1.165, 1.54) is 5.69 Å². The molecule has 0 bridgehead atoms. The summed E-state index contributed by atoms with van der Waals surface area (Å²) in [5.74, 6) is 0. The maximum atomic E-state index is 6.23. The largest absolute Gasteiger partial charge is 0.295 e. The number of likely N-dealkylation sites (tertiary alicyclic amines) is 1. The third-order valence-corrected chi connectivity index (χ3v) is 4.45. The second-order valence-electron chi connectivity index (χ2n) is 5.66. The number of aromatic nitrogens is 4. The van der Waals surface area contributed by atoms with Crippen LogP contribution < -0.4 is 0 Å². The molecule has 0 aliphatic carbocycles. The number of hydrogen-bond donors (Lipinski definition) is 1. The van der Waals surface area contributed by atoms with Crippen LogP contribution >= 0.6 is 11.6 Å². The van der Waals surface area contributed by atoms with Gasteiger partial charge in [-0.15, -0.1) is 0 Å². The Morgan fingerprint density at radius 1 is 1.40 bits per heavy atom. The van der Waals surface area contributed by atoms with E-state index >= 15 is 0 Å². The van der Waals surface area contributed by atoms with Gasteiger partial charge in [0.2, 0.25) is 0 Å². The first-order chi connectivity index (χ1) is 9.54. The van der Waals surface area contributed by atoms with Gasteiger partial charge >= 0.3 is 0 Å². The summed E-state index contributed by atoms with van der Waals surface area (Å²) in [6, 6.07) is 2.60. The minimum absolute atomic E-state index is 0.461. The minimum Gasteiger partial charge on any atom is -0.295 e. The third-order valence-electron chi connectivity index (χ3n) is 3.95. The van der Waals surface area contributed by atoms with Gasteiger partial charge in [-0.3, -0.25) is 14.7 Å². The summed E-state index contributed by atoms with van der Waals surface area (Å²) in [5, 5.41) is 12.6. The second kappa shape index (κ2) is 5.22. The highest BCUT2D eigenvalue weighted by Crippen LogP contribution is 2.26. The summed E-state index contributed by atoms with van der Waals surface area (Å²) in [6.45, 7) is 8.98. The molecule has 0 radical (unpaired) electrons. The van der Waals surface area contributed by atoms with Crippen molar-refractivity contribution in [2.45, 2.75) is 39.8 Å². The standard InChI is InChI=1S/C14H20ClN5/c1-9-6-10(2)20(18-9)12-4-5-19(7-12)8-13-14(15)11(3)16-17-13/h6,12H,4-5,7-8H2,1-3H3,(H,16,17). The molecule has 1 aliphatic rings. The number of rotatable bonds is 3. The Labute approximate surface area is 123 Å². The van der Waals surface area contributed by atoms with Crippen LogP contribution in [-0.2, 0) is 6.54 Å². The summed E-state index contributed by atoms with van der Waals surface area (Å²) in [7, 11) is 0. The first-order valence-electron chi connectivity index (χ1n) is 6.99. The van der Waals surface area contributed by atoms with Crippen LogP contribution in [0.15, 0.2) is 6.07 Å². The molecule has 3 rings (SSSR count). The molecule has 0 aromatic carbocycles. The average molecular weight is 294 g/mol. The summed E-state index contributed by atoms with van der Waals surface area (Å²) in [5.41, 5.74) is 4.21. The summed E-state index contributed by atoms with van der Waals surface area (Å²) < 4.78 is 2.16. The predicted molar refractivity (Wildman–Crippen MR) is 79.0 cm³/mol. The summed E-state index contributed by atoms with van der Waals surface area (Å²) in [4.78, 5) is 2.39. The van der Waals surface area contributed by atoms with Crippen molar-refractivity contribution in [1.82, 2.24) is 24.9 Å². The number of nitrogens with one attached hydrogen (secondary N) is 1. The smallest absolute Gasteiger partial charge is 0.0951 e. The number of hydrogen-bond acceptors (Lipinski definition) is 3. The van der Waals surface area contributed by atoms with Gasteiger partial charge in [0.05, 0.1) is 28.1 Å². The molecule has 1 saturated heterocycles. The number of halogens is 1. The van der Waals surface area contributed by atoms with Crippen LogP contribution in [0.4, 0.5) is 0 Å². The van der Waals surface area contributed by atoms with E-state index < -0.39 is 0 Å². The molecule has 0 saturated carbocycles. The fraction of sp³-hybridized carbons (Fsp3) is 0.571. The molecule has 1 fully saturated rings. The van der Waals surface area contributed by atoms with Crippen LogP contribution in [0.2, 0.25) is 5.02 Å². The SMILES string of the molecule is Cc1cc(C)n(C2CCN(Cc3n[nH]c(C)c3Cl)C2)n1. The average Bonchev–Trinajstić information content (AvgIpc) is 3.06. The van der Waals surface area contributed by atoms with E-state index in [1.807, 2.05) is 13.8 Å². The molecule has 0 spiro atoms. The number of aromatic amines is 1. The van der Waals surface area contributed by atoms with Crippen LogP contribution in [0.5, 0.6) is 0 Å². The van der Waals surface area contributed by atoms with Gasteiger partial charge < -0.3 is 0 Å². The monoisotopic (exact) mass is 293 g/mol. The Morgan fingerprint density at radius 2 is 2.20 bits per heavy atom. The maximum Gasteiger partial charge on any atom is 0.0951 e. The molecule has 6 heteroatoms. The Hall–Kier alpha value is -1.33. The van der Waals surface area contributed by atoms with Crippen molar-refractivity contribution in [3.8, 4) is 0 Å². The molecule has 1 aliphatic heterocycles. The van der Waals surface area contributed by atoms with Gasteiger partial charge in [-0.2, -0.15) is 10.2 Å². The lowest BCUT2D eigenvalue weighted by Gasteiger charge is -2.16. The molecule has 3 heterocycles. The first kappa shape index (κ1) is 13.6. The molecular formula is C14H20ClN5. The van der Waals surface area contributed by atoms with E-state index in [-0.39, 0.29) is 0 Å². The fourth-order valence-electron chi connectivity index (χ4n) is 2.95. The lowest BCUT2D eigenvalue weighted by Crippen LogP contribution is -2.22. The second-order valence-corrected chi connectivity index (χ2v) is 6.04. The van der Waals surface area contributed by atoms with E-state index in [0.29, 0.717) is 6.04 Å². The molecular weight excluding hydrogens is 274 g/mol. The van der Waals surface area contributed by atoms with Crippen LogP contribution in [-0.4, -0.2) is 38.0 Å². The maximum absolute atomic E-state index is 6.23. The Kier molecular flexibility index (Phi) is 3.56. The van der Waals surface area contributed by atoms with E-state index in [1.54, 1.807) is 0 Å². The molecule has 1 N–H and O–H groups in total. The summed E-state index contributed by atoms with van der Waals surface area (Å²) in [6.07, 6.45) is 1.13. The molecule has 1 atom stereocenters. The van der Waals surface area contributed by atoms with E-state index in [2.05, 4.69) is 37.9 Å². The van der Waals surface area contributed by atoms with Crippen molar-refractivity contribution in [3.05, 3.63) is 33.9 Å². The van der Waals surface area contributed by atoms with Gasteiger partial charge in [0.15, 0.2) is 0 Å². The van der Waals surface area contributed by atoms with Crippen LogP contribution in [0.1, 0.15) is 35.2 Å². The number of H-pyrrole nitrogens is 1. The highest BCUT2D eigenvalue weighted by molar-refractivity contribution is 6.31. The van der Waals surface area contributed by atoms with Crippen molar-refractivity contribution in [1.29, 1.82) is 0 Å². The normalized spacial score (nSPS) is 19.9. The zero-order chi connectivity index (χ0) is 14.3. The topological polar surface area (TPSA) is 49.7 Å². The number of aryl methyl sites for hydroxylation is 3. The fourth-order valence-corrected chi connectivity index (χ4v) is 3.10. The molecule has 5 nitrogen and oxygen atoms in total. The first-order valence-corrected chi connectivity index (χ1v) is 7.37. The van der Waals surface area contributed by atoms with Gasteiger partial charge in [-0.05, 0) is 33.3 Å². The lowest BCUT2D eigenvalue weighted by atomic mass is 10.2. The number of nitrogens with zero attached hydrogens (tertiary/aromatic N) is 4. The van der Waals surface area contributed by atoms with Gasteiger partial charge in [0.25, 0.3) is 0 Å². The molecule has 0 amide bonds. The molecule has 2 aromatic heterocycles. The van der Waals surface area contributed by atoms with Crippen molar-refractivity contribution in [2.24, 2.45) is 0 Å². The van der Waals surface area contributed by atoms with Crippen molar-refractivity contribution < 1.29 is 0 Å². The molecule has 1 unspecified atom stereocenters. The van der Waals surface area contributed by atoms with Crippen molar-refractivity contribution >= 4 is 11.6 Å². The van der Waals surface area contributed by atoms with Crippen LogP contribution in [0.25, 0.3) is 0 Å². The zero-order valence-corrected chi connectivity index (χ0v) is 12.9. The highest BCUT2D eigenvalue weighted by atomic mass is 35.5. The van der Waals surface area contributed by atoms with Crippen LogP contribution in [0, 0.1) is 20.8 Å². The van der Waals surface area contributed by atoms with E-state index in [9.17, 15) is 0 Å². The molecule has 108 valence electrons. The van der Waals surface area contributed by atoms with E-state index in [4.69, 9.17) is 11.6 Å². The Morgan fingerprint density at radius 3 is 2.80 bits per heavy atom. The van der Waals surface area contributed by atoms with Gasteiger partial charge in [-0.25, -0.2) is 0 Å². The molecule has 20 heavy (non-hydrogen) atoms. The van der Waals surface area contributed by atoms with Gasteiger partial charge in [0.1, 0.15) is 0 Å². The third kappa shape index (κ3) is 2.47. The summed E-state index contributed by atoms with van der Waals surface area (Å²) >= 11 is 6.23. The van der Waals surface area contributed by atoms with E-state index in [0.717, 1.165) is 48.2 Å². The Bertz CT molecular complexity index is 615. The zero-order valence-electron chi connectivity index (χ0n) is 12.1. The Balaban J connectivity index is 1.68. The van der Waals surface area contributed by atoms with Crippen LogP contribution in [0.3, 0.4) is 0 Å². The lowest BCUT2D eigenvalue weighted by molar-refractivity contribution is 0.307. The minimum atomic E-state index is 0.461. The highest BCUT2D eigenvalue weighted by Gasteiger charge is 2.26. The quantitative estimate of drug-likeness (QED) is 0.946.